The highest BCUT2D eigenvalue weighted by molar-refractivity contribution is 5.67. The van der Waals surface area contributed by atoms with Gasteiger partial charge in [0.05, 0.1) is 5.35 Å². The fraction of sp³-hybridized carbons (Fsp3) is 0.320. The first-order valence-corrected chi connectivity index (χ1v) is 10.5. The molecule has 0 amide bonds. The number of aromatic nitrogens is 1. The molecule has 2 aliphatic heterocycles. The lowest BCUT2D eigenvalue weighted by Crippen LogP contribution is -2.34. The van der Waals surface area contributed by atoms with Crippen molar-refractivity contribution >= 4 is 18.3 Å². The normalized spacial score (nSPS) is 16.1. The zero-order valence-corrected chi connectivity index (χ0v) is 16.7. The van der Waals surface area contributed by atoms with Crippen molar-refractivity contribution in [3.8, 4) is 0 Å². The van der Waals surface area contributed by atoms with Gasteiger partial charge in [-0.25, -0.2) is 4.79 Å². The first-order chi connectivity index (χ1) is 14.2. The molecule has 5 rings (SSSR count). The first-order valence-electron chi connectivity index (χ1n) is 10.5. The molecular weight excluding hydrogens is 360 g/mol. The number of anilines is 1. The summed E-state index contributed by atoms with van der Waals surface area (Å²) < 4.78 is 7.21. The van der Waals surface area contributed by atoms with Crippen molar-refractivity contribution in [2.75, 3.05) is 18.0 Å². The van der Waals surface area contributed by atoms with Crippen LogP contribution in [0.5, 0.6) is 0 Å². The van der Waals surface area contributed by atoms with Gasteiger partial charge in [0.1, 0.15) is 0 Å². The minimum Gasteiger partial charge on any atom is -0.408 e. The lowest BCUT2D eigenvalue weighted by Gasteiger charge is -2.37. The number of aryl methyl sites for hydroxylation is 3. The molecule has 0 unspecified atom stereocenters. The molecular formula is C25H26N2O2. The summed E-state index contributed by atoms with van der Waals surface area (Å²) in [4.78, 5) is 14.9. The molecule has 0 atom stereocenters. The van der Waals surface area contributed by atoms with Crippen molar-refractivity contribution in [2.45, 2.75) is 38.6 Å². The molecule has 2 aromatic carbocycles. The molecule has 4 heteroatoms. The molecule has 2 aliphatic rings. The second kappa shape index (κ2) is 7.43. The highest BCUT2D eigenvalue weighted by Crippen LogP contribution is 2.36. The number of nitrogens with zero attached hydrogens (tertiary/aromatic N) is 2. The Labute approximate surface area is 170 Å². The molecule has 0 N–H and O–H groups in total. The van der Waals surface area contributed by atoms with Gasteiger partial charge >= 0.3 is 5.76 Å². The zero-order chi connectivity index (χ0) is 19.8. The predicted octanol–water partition coefficient (Wildman–Crippen LogP) is 2.62. The largest absolute Gasteiger partial charge is 0.419 e. The summed E-state index contributed by atoms with van der Waals surface area (Å²) in [5, 5.41) is 0.652. The minimum absolute atomic E-state index is 0.331. The quantitative estimate of drug-likeness (QED) is 0.692. The summed E-state index contributed by atoms with van der Waals surface area (Å²) in [6.07, 6.45) is 7.43. The van der Waals surface area contributed by atoms with Gasteiger partial charge in [-0.1, -0.05) is 36.9 Å². The maximum atomic E-state index is 12.4. The Morgan fingerprint density at radius 2 is 1.72 bits per heavy atom. The van der Waals surface area contributed by atoms with Crippen molar-refractivity contribution < 1.29 is 4.42 Å². The van der Waals surface area contributed by atoms with Crippen LogP contribution >= 0.6 is 0 Å². The molecule has 0 spiro atoms. The molecule has 4 nitrogen and oxygen atoms in total. The lowest BCUT2D eigenvalue weighted by molar-refractivity contribution is 0.457. The van der Waals surface area contributed by atoms with Crippen molar-refractivity contribution in [1.82, 2.24) is 4.57 Å². The molecule has 0 saturated carbocycles. The Bertz CT molecular complexity index is 1170. The fourth-order valence-electron chi connectivity index (χ4n) is 4.74. The average Bonchev–Trinajstić information content (AvgIpc) is 3.00. The second-order valence-electron chi connectivity index (χ2n) is 8.09. The lowest BCUT2D eigenvalue weighted by atomic mass is 9.90. The number of rotatable bonds is 4. The number of benzene rings is 2. The summed E-state index contributed by atoms with van der Waals surface area (Å²) in [5.74, 6) is -0.331. The van der Waals surface area contributed by atoms with E-state index in [0.717, 1.165) is 24.8 Å². The Morgan fingerprint density at radius 3 is 2.41 bits per heavy atom. The van der Waals surface area contributed by atoms with Crippen molar-refractivity contribution in [1.29, 1.82) is 0 Å². The van der Waals surface area contributed by atoms with E-state index in [9.17, 15) is 4.79 Å². The van der Waals surface area contributed by atoms with Gasteiger partial charge in [0.15, 0.2) is 5.42 Å². The van der Waals surface area contributed by atoms with Crippen LogP contribution in [0, 0.1) is 0 Å². The van der Waals surface area contributed by atoms with Gasteiger partial charge in [-0.3, -0.25) is 4.57 Å². The Hall–Kier alpha value is -3.01. The summed E-state index contributed by atoms with van der Waals surface area (Å²) >= 11 is 0. The molecule has 148 valence electrons. The molecule has 1 aromatic heterocycles. The van der Waals surface area contributed by atoms with E-state index in [1.807, 2.05) is 24.3 Å². The highest BCUT2D eigenvalue weighted by atomic mass is 16.4. The van der Waals surface area contributed by atoms with Crippen LogP contribution in [0.4, 0.5) is 5.69 Å². The first kappa shape index (κ1) is 18.0. The van der Waals surface area contributed by atoms with Crippen LogP contribution in [0.3, 0.4) is 0 Å². The standard InChI is InChI=1S/C25H26N2O2/c1-18-23(29-25(28)27(18)14-11-19-7-3-2-4-8-19)17-20-15-21-9-5-12-26-13-6-10-22(16-20)24(21)26/h2-4,7-8,15-17H,1,5-6,9-14H2/b23-17+. The van der Waals surface area contributed by atoms with E-state index >= 15 is 0 Å². The number of oxazole rings is 1. The van der Waals surface area contributed by atoms with Crippen LogP contribution in [0.1, 0.15) is 35.1 Å². The zero-order valence-electron chi connectivity index (χ0n) is 16.7. The van der Waals surface area contributed by atoms with Crippen LogP contribution < -0.4 is 21.4 Å². The Balaban J connectivity index is 1.49. The van der Waals surface area contributed by atoms with E-state index in [1.54, 1.807) is 4.57 Å². The highest BCUT2D eigenvalue weighted by Gasteiger charge is 2.23. The summed E-state index contributed by atoms with van der Waals surface area (Å²) in [6.45, 7) is 7.05. The Kier molecular flexibility index (Phi) is 4.62. The second-order valence-corrected chi connectivity index (χ2v) is 8.09. The van der Waals surface area contributed by atoms with E-state index in [-0.39, 0.29) is 5.76 Å². The molecule has 3 aromatic rings. The predicted molar refractivity (Wildman–Crippen MR) is 117 cm³/mol. The fourth-order valence-corrected chi connectivity index (χ4v) is 4.74. The van der Waals surface area contributed by atoms with Gasteiger partial charge < -0.3 is 9.32 Å². The third-order valence-corrected chi connectivity index (χ3v) is 6.15. The SMILES string of the molecule is C=c1/c(=C\c2cc3c4c(c2)CCCN4CCC3)oc(=O)n1CCc1ccccc1. The molecule has 0 bridgehead atoms. The van der Waals surface area contributed by atoms with Gasteiger partial charge in [-0.2, -0.15) is 0 Å². The molecule has 0 saturated heterocycles. The van der Waals surface area contributed by atoms with Gasteiger partial charge in [0, 0.05) is 25.3 Å². The molecule has 29 heavy (non-hydrogen) atoms. The van der Waals surface area contributed by atoms with Crippen LogP contribution in [0.2, 0.25) is 0 Å². The molecule has 0 radical (unpaired) electrons. The molecule has 3 heterocycles. The van der Waals surface area contributed by atoms with E-state index in [2.05, 4.69) is 35.7 Å². The maximum Gasteiger partial charge on any atom is 0.419 e. The van der Waals surface area contributed by atoms with Crippen LogP contribution in [0.25, 0.3) is 12.7 Å². The van der Waals surface area contributed by atoms with Crippen molar-refractivity contribution in [2.24, 2.45) is 0 Å². The Morgan fingerprint density at radius 1 is 1.03 bits per heavy atom. The van der Waals surface area contributed by atoms with Crippen molar-refractivity contribution in [3.63, 3.8) is 0 Å². The summed E-state index contributed by atoms with van der Waals surface area (Å²) in [6, 6.07) is 14.7. The van der Waals surface area contributed by atoms with E-state index in [0.29, 0.717) is 17.3 Å². The number of hydrogen-bond donors (Lipinski definition) is 0. The minimum atomic E-state index is -0.331. The number of hydrogen-bond acceptors (Lipinski definition) is 3. The van der Waals surface area contributed by atoms with Crippen molar-refractivity contribution in [3.05, 3.63) is 86.0 Å². The van der Waals surface area contributed by atoms with Gasteiger partial charge in [0.2, 0.25) is 0 Å². The average molecular weight is 386 g/mol. The van der Waals surface area contributed by atoms with Crippen LogP contribution in [-0.2, 0) is 25.8 Å². The van der Waals surface area contributed by atoms with Crippen LogP contribution in [-0.4, -0.2) is 17.7 Å². The van der Waals surface area contributed by atoms with E-state index < -0.39 is 0 Å². The molecule has 0 fully saturated rings. The smallest absolute Gasteiger partial charge is 0.408 e. The topological polar surface area (TPSA) is 38.4 Å². The van der Waals surface area contributed by atoms with Crippen LogP contribution in [0.15, 0.2) is 51.7 Å². The third kappa shape index (κ3) is 3.44. The maximum absolute atomic E-state index is 12.4. The monoisotopic (exact) mass is 386 g/mol. The third-order valence-electron chi connectivity index (χ3n) is 6.15. The van der Waals surface area contributed by atoms with Gasteiger partial charge in [-0.05, 0) is 72.6 Å². The summed E-state index contributed by atoms with van der Waals surface area (Å²) in [5.41, 5.74) is 7.18. The van der Waals surface area contributed by atoms with E-state index in [4.69, 9.17) is 4.42 Å². The van der Waals surface area contributed by atoms with E-state index in [1.165, 1.54) is 48.3 Å². The summed E-state index contributed by atoms with van der Waals surface area (Å²) in [7, 11) is 0. The van der Waals surface area contributed by atoms with Gasteiger partial charge in [-0.15, -0.1) is 0 Å². The van der Waals surface area contributed by atoms with Gasteiger partial charge in [0.25, 0.3) is 0 Å². The molecule has 0 aliphatic carbocycles.